The van der Waals surface area contributed by atoms with E-state index in [1.807, 2.05) is 19.2 Å². The zero-order chi connectivity index (χ0) is 18.2. The SMILES string of the molecule is CC#Cc1cc(O)c(SNCc2ccnc(C)c2/C=C\CC)c(Cl)c1. The van der Waals surface area contributed by atoms with Crippen molar-refractivity contribution >= 4 is 29.6 Å². The highest BCUT2D eigenvalue weighted by Gasteiger charge is 2.10. The maximum atomic E-state index is 10.2. The topological polar surface area (TPSA) is 45.1 Å². The number of hydrogen-bond donors (Lipinski definition) is 2. The summed E-state index contributed by atoms with van der Waals surface area (Å²) < 4.78 is 3.27. The van der Waals surface area contributed by atoms with Crippen LogP contribution in [0.4, 0.5) is 0 Å². The highest BCUT2D eigenvalue weighted by molar-refractivity contribution is 7.97. The predicted molar refractivity (Wildman–Crippen MR) is 107 cm³/mol. The van der Waals surface area contributed by atoms with Crippen LogP contribution in [0.15, 0.2) is 35.4 Å². The molecular formula is C20H21ClN2OS. The molecule has 0 saturated heterocycles. The predicted octanol–water partition coefficient (Wildman–Crippen LogP) is 5.34. The van der Waals surface area contributed by atoms with Crippen LogP contribution in [-0.2, 0) is 6.54 Å². The lowest BCUT2D eigenvalue weighted by atomic mass is 10.1. The molecule has 2 N–H and O–H groups in total. The summed E-state index contributed by atoms with van der Waals surface area (Å²) in [5, 5.41) is 10.7. The van der Waals surface area contributed by atoms with Crippen LogP contribution in [0, 0.1) is 18.8 Å². The molecule has 0 atom stereocenters. The van der Waals surface area contributed by atoms with E-state index in [0.717, 1.165) is 23.2 Å². The summed E-state index contributed by atoms with van der Waals surface area (Å²) in [4.78, 5) is 4.95. The second kappa shape index (κ2) is 9.53. The van der Waals surface area contributed by atoms with Crippen molar-refractivity contribution in [1.82, 2.24) is 9.71 Å². The Labute approximate surface area is 158 Å². The van der Waals surface area contributed by atoms with E-state index in [-0.39, 0.29) is 5.75 Å². The van der Waals surface area contributed by atoms with Crippen LogP contribution >= 0.6 is 23.5 Å². The third kappa shape index (κ3) is 5.27. The number of aromatic hydroxyl groups is 1. The van der Waals surface area contributed by atoms with E-state index in [4.69, 9.17) is 11.6 Å². The Morgan fingerprint density at radius 3 is 2.88 bits per heavy atom. The molecule has 130 valence electrons. The molecule has 0 spiro atoms. The van der Waals surface area contributed by atoms with Crippen molar-refractivity contribution in [1.29, 1.82) is 0 Å². The molecule has 0 radical (unpaired) electrons. The van der Waals surface area contributed by atoms with Gasteiger partial charge in [0.2, 0.25) is 0 Å². The maximum Gasteiger partial charge on any atom is 0.133 e. The largest absolute Gasteiger partial charge is 0.507 e. The van der Waals surface area contributed by atoms with Gasteiger partial charge < -0.3 is 5.11 Å². The molecule has 1 heterocycles. The van der Waals surface area contributed by atoms with E-state index >= 15 is 0 Å². The van der Waals surface area contributed by atoms with Crippen LogP contribution in [-0.4, -0.2) is 10.1 Å². The molecule has 0 saturated carbocycles. The minimum Gasteiger partial charge on any atom is -0.507 e. The van der Waals surface area contributed by atoms with Gasteiger partial charge in [-0.15, -0.1) is 5.92 Å². The molecule has 0 fully saturated rings. The molecule has 0 aliphatic heterocycles. The molecule has 2 rings (SSSR count). The Hall–Kier alpha value is -1.93. The van der Waals surface area contributed by atoms with E-state index < -0.39 is 0 Å². The fraction of sp³-hybridized carbons (Fsp3) is 0.250. The lowest BCUT2D eigenvalue weighted by Gasteiger charge is -2.11. The second-order valence-electron chi connectivity index (χ2n) is 5.38. The minimum atomic E-state index is 0.125. The van der Waals surface area contributed by atoms with Crippen LogP contribution in [0.2, 0.25) is 5.02 Å². The Kier molecular flexibility index (Phi) is 7.39. The number of allylic oxidation sites excluding steroid dienone is 1. The molecule has 0 unspecified atom stereocenters. The van der Waals surface area contributed by atoms with Crippen molar-refractivity contribution in [2.24, 2.45) is 0 Å². The average Bonchev–Trinajstić information content (AvgIpc) is 2.57. The summed E-state index contributed by atoms with van der Waals surface area (Å²) >= 11 is 7.58. The van der Waals surface area contributed by atoms with Crippen LogP contribution in [0.25, 0.3) is 6.08 Å². The van der Waals surface area contributed by atoms with Crippen molar-refractivity contribution in [2.75, 3.05) is 0 Å². The Morgan fingerprint density at radius 2 is 2.20 bits per heavy atom. The molecule has 25 heavy (non-hydrogen) atoms. The third-order valence-corrected chi connectivity index (χ3v) is 4.86. The molecular weight excluding hydrogens is 352 g/mol. The number of nitrogens with one attached hydrogen (secondary N) is 1. The molecule has 1 aromatic carbocycles. The molecule has 0 amide bonds. The van der Waals surface area contributed by atoms with Gasteiger partial charge in [-0.2, -0.15) is 0 Å². The average molecular weight is 373 g/mol. The fourth-order valence-electron chi connectivity index (χ4n) is 2.33. The molecule has 0 aliphatic rings. The fourth-order valence-corrected chi connectivity index (χ4v) is 3.35. The van der Waals surface area contributed by atoms with Crippen molar-refractivity contribution in [3.8, 4) is 17.6 Å². The zero-order valence-electron chi connectivity index (χ0n) is 14.6. The van der Waals surface area contributed by atoms with Crippen molar-refractivity contribution in [3.63, 3.8) is 0 Å². The summed E-state index contributed by atoms with van der Waals surface area (Å²) in [7, 11) is 0. The normalized spacial score (nSPS) is 10.7. The Balaban J connectivity index is 2.12. The number of hydrogen-bond acceptors (Lipinski definition) is 4. The van der Waals surface area contributed by atoms with Crippen LogP contribution in [0.3, 0.4) is 0 Å². The van der Waals surface area contributed by atoms with Gasteiger partial charge in [-0.05, 0) is 61.5 Å². The lowest BCUT2D eigenvalue weighted by Crippen LogP contribution is -2.06. The molecule has 2 aromatic rings. The number of aromatic nitrogens is 1. The Morgan fingerprint density at radius 1 is 1.40 bits per heavy atom. The summed E-state index contributed by atoms with van der Waals surface area (Å²) in [6.07, 6.45) is 7.01. The first kappa shape index (κ1) is 19.4. The van der Waals surface area contributed by atoms with Gasteiger partial charge in [-0.25, -0.2) is 0 Å². The van der Waals surface area contributed by atoms with E-state index in [1.165, 1.54) is 11.9 Å². The monoisotopic (exact) mass is 372 g/mol. The number of benzene rings is 1. The minimum absolute atomic E-state index is 0.125. The van der Waals surface area contributed by atoms with E-state index in [1.54, 1.807) is 19.1 Å². The van der Waals surface area contributed by atoms with E-state index in [2.05, 4.69) is 40.6 Å². The zero-order valence-corrected chi connectivity index (χ0v) is 16.1. The van der Waals surface area contributed by atoms with Gasteiger partial charge in [0.15, 0.2) is 0 Å². The van der Waals surface area contributed by atoms with Gasteiger partial charge in [0.1, 0.15) is 5.75 Å². The first-order chi connectivity index (χ1) is 12.1. The van der Waals surface area contributed by atoms with Gasteiger partial charge in [0.05, 0.1) is 9.92 Å². The van der Waals surface area contributed by atoms with E-state index in [0.29, 0.717) is 22.0 Å². The van der Waals surface area contributed by atoms with Crippen LogP contribution in [0.1, 0.15) is 42.7 Å². The van der Waals surface area contributed by atoms with Crippen molar-refractivity contribution in [2.45, 2.75) is 38.6 Å². The summed E-state index contributed by atoms with van der Waals surface area (Å²) in [6, 6.07) is 5.38. The number of nitrogens with zero attached hydrogens (tertiary/aromatic N) is 1. The number of phenols is 1. The molecule has 1 aromatic heterocycles. The highest BCUT2D eigenvalue weighted by atomic mass is 35.5. The quantitative estimate of drug-likeness (QED) is 0.530. The number of halogens is 1. The second-order valence-corrected chi connectivity index (χ2v) is 6.69. The summed E-state index contributed by atoms with van der Waals surface area (Å²) in [6.45, 7) is 6.48. The Bertz CT molecular complexity index is 814. The van der Waals surface area contributed by atoms with Gasteiger partial charge in [0.25, 0.3) is 0 Å². The standard InChI is InChI=1S/C20H21ClN2OS/c1-4-6-8-17-14(3)22-10-9-16(17)13-23-25-20-18(21)11-15(7-5-2)12-19(20)24/h6,8-12,23-24H,4,13H2,1-3H3/b8-6-. The van der Waals surface area contributed by atoms with Gasteiger partial charge >= 0.3 is 0 Å². The summed E-state index contributed by atoms with van der Waals surface area (Å²) in [5.74, 6) is 5.81. The number of aryl methyl sites for hydroxylation is 1. The molecule has 3 nitrogen and oxygen atoms in total. The molecule has 0 aliphatic carbocycles. The molecule has 5 heteroatoms. The van der Waals surface area contributed by atoms with Crippen molar-refractivity contribution < 1.29 is 5.11 Å². The maximum absolute atomic E-state index is 10.2. The first-order valence-corrected chi connectivity index (χ1v) is 9.22. The van der Waals surface area contributed by atoms with E-state index in [9.17, 15) is 5.11 Å². The van der Waals surface area contributed by atoms with Gasteiger partial charge in [-0.1, -0.05) is 36.6 Å². The van der Waals surface area contributed by atoms with Crippen molar-refractivity contribution in [3.05, 3.63) is 57.9 Å². The third-order valence-electron chi connectivity index (χ3n) is 3.53. The first-order valence-electron chi connectivity index (χ1n) is 8.02. The number of phenolic OH excluding ortho intramolecular Hbond substituents is 1. The highest BCUT2D eigenvalue weighted by Crippen LogP contribution is 2.35. The number of rotatable bonds is 6. The van der Waals surface area contributed by atoms with Gasteiger partial charge in [-0.3, -0.25) is 9.71 Å². The van der Waals surface area contributed by atoms with Gasteiger partial charge in [0, 0.05) is 24.0 Å². The molecule has 0 bridgehead atoms. The lowest BCUT2D eigenvalue weighted by molar-refractivity contribution is 0.462. The smallest absolute Gasteiger partial charge is 0.133 e. The number of pyridine rings is 1. The summed E-state index contributed by atoms with van der Waals surface area (Å²) in [5.41, 5.74) is 3.97. The van der Waals surface area contributed by atoms with Crippen LogP contribution in [0.5, 0.6) is 5.75 Å². The van der Waals surface area contributed by atoms with Crippen LogP contribution < -0.4 is 4.72 Å².